The number of hydrogen-bond acceptors (Lipinski definition) is 6. The summed E-state index contributed by atoms with van der Waals surface area (Å²) in [7, 11) is 0. The van der Waals surface area contributed by atoms with E-state index in [1.54, 1.807) is 6.07 Å². The molecule has 4 N–H and O–H groups in total. The Balaban J connectivity index is 2.21. The quantitative estimate of drug-likeness (QED) is 0.428. The summed E-state index contributed by atoms with van der Waals surface area (Å²) in [5.74, 6) is 1.62. The molecule has 0 radical (unpaired) electrons. The number of aromatic nitrogens is 2. The van der Waals surface area contributed by atoms with Gasteiger partial charge in [0.05, 0.1) is 6.61 Å². The van der Waals surface area contributed by atoms with E-state index >= 15 is 0 Å². The zero-order valence-electron chi connectivity index (χ0n) is 9.48. The van der Waals surface area contributed by atoms with E-state index in [1.807, 2.05) is 0 Å². The van der Waals surface area contributed by atoms with Crippen molar-refractivity contribution < 1.29 is 4.74 Å². The van der Waals surface area contributed by atoms with E-state index in [0.29, 0.717) is 23.4 Å². The number of nitrogen functional groups attached to an aromatic ring is 2. The summed E-state index contributed by atoms with van der Waals surface area (Å²) in [6, 6.07) is 1.54. The second-order valence-corrected chi connectivity index (χ2v) is 4.38. The van der Waals surface area contributed by atoms with Crippen LogP contribution in [0, 0.1) is 0 Å². The van der Waals surface area contributed by atoms with Crippen LogP contribution in [0.4, 0.5) is 11.6 Å². The van der Waals surface area contributed by atoms with Crippen LogP contribution in [0.25, 0.3) is 0 Å². The molecular weight excluding hydrogens is 224 g/mol. The van der Waals surface area contributed by atoms with Gasteiger partial charge < -0.3 is 16.2 Å². The Bertz CT molecular complexity index is 301. The minimum atomic E-state index is 0.405. The first-order valence-electron chi connectivity index (χ1n) is 5.33. The molecule has 0 aliphatic carbocycles. The standard InChI is InChI=1S/C10H18N4OS/c1-2-3-4-15-5-6-16-10-13-8(11)7-9(12)14-10/h7H,2-6H2,1H3,(H4,11,12,13,14). The highest BCUT2D eigenvalue weighted by Crippen LogP contribution is 2.15. The lowest BCUT2D eigenvalue weighted by molar-refractivity contribution is 0.147. The topological polar surface area (TPSA) is 87.0 Å². The molecule has 0 fully saturated rings. The first-order chi connectivity index (χ1) is 7.72. The predicted octanol–water partition coefficient (Wildman–Crippen LogP) is 1.55. The van der Waals surface area contributed by atoms with Crippen molar-refractivity contribution in [3.8, 4) is 0 Å². The number of nitrogens with zero attached hydrogens (tertiary/aromatic N) is 2. The van der Waals surface area contributed by atoms with Crippen LogP contribution in [-0.4, -0.2) is 28.9 Å². The average molecular weight is 242 g/mol. The molecule has 0 saturated heterocycles. The lowest BCUT2D eigenvalue weighted by atomic mass is 10.4. The Morgan fingerprint density at radius 2 is 1.94 bits per heavy atom. The molecule has 0 aliphatic rings. The molecular formula is C10H18N4OS. The molecule has 1 aromatic rings. The van der Waals surface area contributed by atoms with Crippen LogP contribution < -0.4 is 11.5 Å². The molecule has 6 heteroatoms. The molecule has 0 spiro atoms. The van der Waals surface area contributed by atoms with Crippen LogP contribution in [0.5, 0.6) is 0 Å². The highest BCUT2D eigenvalue weighted by Gasteiger charge is 2.00. The molecule has 90 valence electrons. The van der Waals surface area contributed by atoms with Crippen molar-refractivity contribution in [3.05, 3.63) is 6.07 Å². The van der Waals surface area contributed by atoms with E-state index < -0.39 is 0 Å². The minimum absolute atomic E-state index is 0.405. The molecule has 0 amide bonds. The molecule has 0 aliphatic heterocycles. The highest BCUT2D eigenvalue weighted by molar-refractivity contribution is 7.99. The second kappa shape index (κ2) is 7.29. The van der Waals surface area contributed by atoms with Gasteiger partial charge in [0.2, 0.25) is 0 Å². The molecule has 16 heavy (non-hydrogen) atoms. The maximum Gasteiger partial charge on any atom is 0.191 e. The molecule has 1 heterocycles. The maximum absolute atomic E-state index is 5.55. The monoisotopic (exact) mass is 242 g/mol. The van der Waals surface area contributed by atoms with Gasteiger partial charge in [-0.3, -0.25) is 0 Å². The Hall–Kier alpha value is -1.01. The Labute approximate surface area is 100.0 Å². The van der Waals surface area contributed by atoms with Crippen molar-refractivity contribution in [1.29, 1.82) is 0 Å². The first-order valence-corrected chi connectivity index (χ1v) is 6.31. The molecule has 0 saturated carbocycles. The Kier molecular flexibility index (Phi) is 5.95. The van der Waals surface area contributed by atoms with Crippen LogP contribution in [-0.2, 0) is 4.74 Å². The molecule has 0 atom stereocenters. The number of anilines is 2. The summed E-state index contributed by atoms with van der Waals surface area (Å²) >= 11 is 1.50. The minimum Gasteiger partial charge on any atom is -0.383 e. The summed E-state index contributed by atoms with van der Waals surface area (Å²) in [5.41, 5.74) is 11.1. The van der Waals surface area contributed by atoms with E-state index in [0.717, 1.165) is 25.2 Å². The number of hydrogen-bond donors (Lipinski definition) is 2. The average Bonchev–Trinajstić information content (AvgIpc) is 2.22. The van der Waals surface area contributed by atoms with Crippen molar-refractivity contribution in [1.82, 2.24) is 9.97 Å². The third-order valence-corrected chi connectivity index (χ3v) is 2.66. The fraction of sp³-hybridized carbons (Fsp3) is 0.600. The second-order valence-electron chi connectivity index (χ2n) is 3.31. The SMILES string of the molecule is CCCCOCCSc1nc(N)cc(N)n1. The highest BCUT2D eigenvalue weighted by atomic mass is 32.2. The smallest absolute Gasteiger partial charge is 0.191 e. The van der Waals surface area contributed by atoms with Gasteiger partial charge in [-0.2, -0.15) is 0 Å². The van der Waals surface area contributed by atoms with Crippen LogP contribution in [0.15, 0.2) is 11.2 Å². The van der Waals surface area contributed by atoms with Crippen LogP contribution >= 0.6 is 11.8 Å². The number of ether oxygens (including phenoxy) is 1. The zero-order valence-corrected chi connectivity index (χ0v) is 10.3. The van der Waals surface area contributed by atoms with Crippen molar-refractivity contribution >= 4 is 23.4 Å². The molecule has 0 unspecified atom stereocenters. The van der Waals surface area contributed by atoms with Gasteiger partial charge in [0.1, 0.15) is 11.6 Å². The van der Waals surface area contributed by atoms with Crippen LogP contribution in [0.2, 0.25) is 0 Å². The van der Waals surface area contributed by atoms with E-state index in [-0.39, 0.29) is 0 Å². The van der Waals surface area contributed by atoms with E-state index in [4.69, 9.17) is 16.2 Å². The summed E-state index contributed by atoms with van der Waals surface area (Å²) < 4.78 is 5.42. The summed E-state index contributed by atoms with van der Waals surface area (Å²) in [4.78, 5) is 8.12. The summed E-state index contributed by atoms with van der Waals surface area (Å²) in [5, 5.41) is 0.608. The van der Waals surface area contributed by atoms with Crippen molar-refractivity contribution in [3.63, 3.8) is 0 Å². The van der Waals surface area contributed by atoms with Gasteiger partial charge in [0.25, 0.3) is 0 Å². The molecule has 0 aromatic carbocycles. The largest absolute Gasteiger partial charge is 0.383 e. The number of rotatable bonds is 7. The molecule has 5 nitrogen and oxygen atoms in total. The molecule has 0 bridgehead atoms. The fourth-order valence-corrected chi connectivity index (χ4v) is 1.79. The molecule has 1 rings (SSSR count). The Morgan fingerprint density at radius 1 is 1.25 bits per heavy atom. The summed E-state index contributed by atoms with van der Waals surface area (Å²) in [6.45, 7) is 3.65. The van der Waals surface area contributed by atoms with E-state index in [9.17, 15) is 0 Å². The van der Waals surface area contributed by atoms with Gasteiger partial charge in [-0.05, 0) is 6.42 Å². The summed E-state index contributed by atoms with van der Waals surface area (Å²) in [6.07, 6.45) is 2.26. The predicted molar refractivity (Wildman–Crippen MR) is 67.3 cm³/mol. The van der Waals surface area contributed by atoms with E-state index in [2.05, 4.69) is 16.9 Å². The third-order valence-electron chi connectivity index (χ3n) is 1.85. The van der Waals surface area contributed by atoms with Crippen molar-refractivity contribution in [2.24, 2.45) is 0 Å². The van der Waals surface area contributed by atoms with Crippen molar-refractivity contribution in [2.75, 3.05) is 30.4 Å². The molecule has 1 aromatic heterocycles. The number of thioether (sulfide) groups is 1. The van der Waals surface area contributed by atoms with Gasteiger partial charge in [0.15, 0.2) is 5.16 Å². The number of unbranched alkanes of at least 4 members (excludes halogenated alkanes) is 1. The number of nitrogens with two attached hydrogens (primary N) is 2. The lowest BCUT2D eigenvalue weighted by Gasteiger charge is -2.03. The van der Waals surface area contributed by atoms with Crippen molar-refractivity contribution in [2.45, 2.75) is 24.9 Å². The van der Waals surface area contributed by atoms with Gasteiger partial charge in [-0.25, -0.2) is 9.97 Å². The van der Waals surface area contributed by atoms with E-state index in [1.165, 1.54) is 11.8 Å². The maximum atomic E-state index is 5.55. The zero-order chi connectivity index (χ0) is 11.8. The van der Waals surface area contributed by atoms with Gasteiger partial charge >= 0.3 is 0 Å². The van der Waals surface area contributed by atoms with Gasteiger partial charge in [-0.1, -0.05) is 25.1 Å². The van der Waals surface area contributed by atoms with Gasteiger partial charge in [-0.15, -0.1) is 0 Å². The van der Waals surface area contributed by atoms with Gasteiger partial charge in [0, 0.05) is 18.4 Å². The lowest BCUT2D eigenvalue weighted by Crippen LogP contribution is -2.02. The third kappa shape index (κ3) is 5.18. The van der Waals surface area contributed by atoms with Crippen LogP contribution in [0.3, 0.4) is 0 Å². The first kappa shape index (κ1) is 13.1. The normalized spacial score (nSPS) is 10.6. The van der Waals surface area contributed by atoms with Crippen LogP contribution in [0.1, 0.15) is 19.8 Å². The fourth-order valence-electron chi connectivity index (χ4n) is 1.07. The Morgan fingerprint density at radius 3 is 2.56 bits per heavy atom.